The maximum absolute atomic E-state index is 5.17. The van der Waals surface area contributed by atoms with Gasteiger partial charge in [-0.15, -0.1) is 11.3 Å². The zero-order valence-electron chi connectivity index (χ0n) is 25.5. The number of benzene rings is 6. The van der Waals surface area contributed by atoms with Crippen molar-refractivity contribution in [3.05, 3.63) is 151 Å². The fraction of sp³-hybridized carbons (Fsp3) is 0.0714. The first-order chi connectivity index (χ1) is 22.6. The molecular weight excluding hydrogens is 579 g/mol. The van der Waals surface area contributed by atoms with E-state index in [2.05, 4.69) is 135 Å². The molecule has 0 saturated carbocycles. The number of rotatable bonds is 4. The Morgan fingerprint density at radius 2 is 1.04 bits per heavy atom. The number of aromatic nitrogens is 3. The molecule has 2 aromatic heterocycles. The number of hydrogen-bond acceptors (Lipinski definition) is 4. The second-order valence-electron chi connectivity index (χ2n) is 12.4. The van der Waals surface area contributed by atoms with E-state index >= 15 is 0 Å². The van der Waals surface area contributed by atoms with Gasteiger partial charge in [-0.3, -0.25) is 0 Å². The van der Waals surface area contributed by atoms with Crippen LogP contribution in [0.4, 0.5) is 0 Å². The van der Waals surface area contributed by atoms with Gasteiger partial charge < -0.3 is 0 Å². The molecule has 218 valence electrons. The molecular formula is C42H29N3S. The van der Waals surface area contributed by atoms with Crippen LogP contribution in [0, 0.1) is 0 Å². The molecule has 9 rings (SSSR count). The molecule has 0 saturated heterocycles. The highest BCUT2D eigenvalue weighted by Crippen LogP contribution is 2.52. The second kappa shape index (κ2) is 10.3. The Labute approximate surface area is 271 Å². The molecule has 8 aromatic rings. The van der Waals surface area contributed by atoms with Crippen LogP contribution < -0.4 is 0 Å². The molecule has 1 aliphatic carbocycles. The summed E-state index contributed by atoms with van der Waals surface area (Å²) < 4.78 is 2.45. The average molecular weight is 608 g/mol. The van der Waals surface area contributed by atoms with E-state index in [-0.39, 0.29) is 5.41 Å². The molecule has 0 N–H and O–H groups in total. The Balaban J connectivity index is 1.23. The van der Waals surface area contributed by atoms with E-state index in [9.17, 15) is 0 Å². The maximum Gasteiger partial charge on any atom is 0.165 e. The van der Waals surface area contributed by atoms with Crippen LogP contribution in [0.1, 0.15) is 25.0 Å². The molecule has 2 heterocycles. The first-order valence-corrected chi connectivity index (χ1v) is 16.4. The smallest absolute Gasteiger partial charge is 0.165 e. The van der Waals surface area contributed by atoms with Gasteiger partial charge in [0.15, 0.2) is 17.5 Å². The largest absolute Gasteiger partial charge is 0.208 e. The summed E-state index contributed by atoms with van der Waals surface area (Å²) in [5.41, 5.74) is 10.6. The van der Waals surface area contributed by atoms with Crippen molar-refractivity contribution in [2.75, 3.05) is 0 Å². The van der Waals surface area contributed by atoms with Gasteiger partial charge in [0.1, 0.15) is 0 Å². The Hall–Kier alpha value is -5.45. The summed E-state index contributed by atoms with van der Waals surface area (Å²) in [5, 5.41) is 2.49. The van der Waals surface area contributed by atoms with Crippen LogP contribution in [0.25, 0.3) is 76.6 Å². The van der Waals surface area contributed by atoms with E-state index in [4.69, 9.17) is 15.0 Å². The highest BCUT2D eigenvalue weighted by molar-refractivity contribution is 7.26. The van der Waals surface area contributed by atoms with Crippen molar-refractivity contribution in [2.45, 2.75) is 19.3 Å². The molecule has 3 nitrogen and oxygen atoms in total. The minimum Gasteiger partial charge on any atom is -0.208 e. The predicted molar refractivity (Wildman–Crippen MR) is 192 cm³/mol. The summed E-state index contributed by atoms with van der Waals surface area (Å²) >= 11 is 1.79. The molecule has 0 bridgehead atoms. The molecule has 0 spiro atoms. The van der Waals surface area contributed by atoms with E-state index < -0.39 is 0 Å². The summed E-state index contributed by atoms with van der Waals surface area (Å²) in [6, 6.07) is 49.4. The summed E-state index contributed by atoms with van der Waals surface area (Å²) in [5.74, 6) is 2.02. The van der Waals surface area contributed by atoms with Crippen LogP contribution in [0.5, 0.6) is 0 Å². The van der Waals surface area contributed by atoms with Gasteiger partial charge in [-0.2, -0.15) is 0 Å². The zero-order chi connectivity index (χ0) is 30.8. The van der Waals surface area contributed by atoms with Crippen molar-refractivity contribution in [1.82, 2.24) is 15.0 Å². The number of nitrogens with zero attached hydrogens (tertiary/aromatic N) is 3. The lowest BCUT2D eigenvalue weighted by atomic mass is 9.79. The third-order valence-electron chi connectivity index (χ3n) is 9.32. The second-order valence-corrected chi connectivity index (χ2v) is 13.5. The van der Waals surface area contributed by atoms with Crippen molar-refractivity contribution in [3.8, 4) is 56.4 Å². The van der Waals surface area contributed by atoms with Crippen LogP contribution in [-0.4, -0.2) is 15.0 Å². The van der Waals surface area contributed by atoms with E-state index in [0.717, 1.165) is 22.3 Å². The van der Waals surface area contributed by atoms with E-state index in [1.807, 2.05) is 18.2 Å². The molecule has 0 aliphatic heterocycles. The summed E-state index contributed by atoms with van der Waals surface area (Å²) in [4.78, 5) is 15.3. The van der Waals surface area contributed by atoms with Crippen molar-refractivity contribution in [1.29, 1.82) is 0 Å². The lowest BCUT2D eigenvalue weighted by Crippen LogP contribution is -2.16. The van der Waals surface area contributed by atoms with E-state index in [0.29, 0.717) is 17.5 Å². The fourth-order valence-corrected chi connectivity index (χ4v) is 8.39. The SMILES string of the molecule is CC1(C)c2ccccc2-c2cccc(-c3cccc(-c4nc(-c5ccccc5)nc(-c5cccc6c5sc5ccccc56)n4)c3)c21. The van der Waals surface area contributed by atoms with Gasteiger partial charge in [0.2, 0.25) is 0 Å². The molecule has 0 atom stereocenters. The summed E-state index contributed by atoms with van der Waals surface area (Å²) in [7, 11) is 0. The van der Waals surface area contributed by atoms with Crippen LogP contribution in [-0.2, 0) is 5.41 Å². The Kier molecular flexibility index (Phi) is 6.02. The van der Waals surface area contributed by atoms with Gasteiger partial charge in [-0.25, -0.2) is 15.0 Å². The van der Waals surface area contributed by atoms with Gasteiger partial charge in [-0.05, 0) is 51.6 Å². The molecule has 0 fully saturated rings. The molecule has 1 aliphatic rings. The van der Waals surface area contributed by atoms with Gasteiger partial charge in [-0.1, -0.05) is 135 Å². The minimum atomic E-state index is -0.109. The van der Waals surface area contributed by atoms with Crippen LogP contribution in [0.2, 0.25) is 0 Å². The first-order valence-electron chi connectivity index (χ1n) is 15.6. The first kappa shape index (κ1) is 26.9. The fourth-order valence-electron chi connectivity index (χ4n) is 7.18. The highest BCUT2D eigenvalue weighted by Gasteiger charge is 2.37. The number of hydrogen-bond donors (Lipinski definition) is 0. The van der Waals surface area contributed by atoms with Crippen LogP contribution in [0.15, 0.2) is 140 Å². The van der Waals surface area contributed by atoms with Gasteiger partial charge >= 0.3 is 0 Å². The van der Waals surface area contributed by atoms with Crippen molar-refractivity contribution in [2.24, 2.45) is 0 Å². The Morgan fingerprint density at radius 3 is 1.93 bits per heavy atom. The topological polar surface area (TPSA) is 38.7 Å². The Morgan fingerprint density at radius 1 is 0.457 bits per heavy atom. The predicted octanol–water partition coefficient (Wildman–Crippen LogP) is 11.2. The zero-order valence-corrected chi connectivity index (χ0v) is 26.3. The van der Waals surface area contributed by atoms with Crippen LogP contribution in [0.3, 0.4) is 0 Å². The van der Waals surface area contributed by atoms with Crippen molar-refractivity contribution in [3.63, 3.8) is 0 Å². The van der Waals surface area contributed by atoms with Crippen LogP contribution >= 0.6 is 11.3 Å². The average Bonchev–Trinajstić information content (AvgIpc) is 3.61. The lowest BCUT2D eigenvalue weighted by Gasteiger charge is -2.24. The third-order valence-corrected chi connectivity index (χ3v) is 10.5. The number of fused-ring (bicyclic) bond motifs is 6. The third kappa shape index (κ3) is 4.14. The normalized spacial score (nSPS) is 13.2. The number of thiophene rings is 1. The van der Waals surface area contributed by atoms with E-state index in [1.54, 1.807) is 11.3 Å². The van der Waals surface area contributed by atoms with Gasteiger partial charge in [0, 0.05) is 42.3 Å². The van der Waals surface area contributed by atoms with Crippen molar-refractivity contribution < 1.29 is 0 Å². The molecule has 0 unspecified atom stereocenters. The van der Waals surface area contributed by atoms with Gasteiger partial charge in [0.05, 0.1) is 0 Å². The standard InChI is InChI=1S/C42H29N3S/c1-42(2)35-23-8-6-17-30(35)32-20-11-19-29(37(32)42)27-15-10-16-28(25-27)40-43-39(26-13-4-3-5-14-26)44-41(45-40)34-22-12-21-33-31-18-7-9-24-36(31)46-38(33)34/h3-25H,1-2H3. The quantitative estimate of drug-likeness (QED) is 0.200. The molecule has 46 heavy (non-hydrogen) atoms. The van der Waals surface area contributed by atoms with Gasteiger partial charge in [0.25, 0.3) is 0 Å². The molecule has 4 heteroatoms. The molecule has 0 amide bonds. The summed E-state index contributed by atoms with van der Waals surface area (Å²) in [6.45, 7) is 4.67. The minimum absolute atomic E-state index is 0.109. The molecule has 6 aromatic carbocycles. The highest BCUT2D eigenvalue weighted by atomic mass is 32.1. The lowest BCUT2D eigenvalue weighted by molar-refractivity contribution is 0.662. The summed E-state index contributed by atoms with van der Waals surface area (Å²) in [6.07, 6.45) is 0. The Bertz CT molecular complexity index is 2460. The maximum atomic E-state index is 5.17. The van der Waals surface area contributed by atoms with E-state index in [1.165, 1.54) is 48.0 Å². The molecule has 0 radical (unpaired) electrons. The van der Waals surface area contributed by atoms with Crippen molar-refractivity contribution >= 4 is 31.5 Å². The monoisotopic (exact) mass is 607 g/mol.